The molecule has 0 radical (unpaired) electrons. The van der Waals surface area contributed by atoms with Gasteiger partial charge >= 0.3 is 6.18 Å². The number of amidine groups is 1. The molecule has 2 aromatic rings. The number of hydrogen-bond donors (Lipinski definition) is 2. The van der Waals surface area contributed by atoms with E-state index in [1.165, 1.54) is 11.8 Å². The molecule has 2 N–H and O–H groups in total. The summed E-state index contributed by atoms with van der Waals surface area (Å²) >= 11 is 9.08. The molecule has 0 unspecified atom stereocenters. The van der Waals surface area contributed by atoms with Crippen molar-refractivity contribution in [2.24, 2.45) is 4.99 Å². The number of nitrogens with one attached hydrogen (secondary N) is 2. The molecule has 0 atom stereocenters. The monoisotopic (exact) mass is 526 g/mol. The van der Waals surface area contributed by atoms with Crippen molar-refractivity contribution >= 4 is 63.9 Å². The van der Waals surface area contributed by atoms with E-state index < -0.39 is 17.6 Å². The molecule has 2 aromatic carbocycles. The zero-order chi connectivity index (χ0) is 24.3. The molecule has 0 bridgehead atoms. The van der Waals surface area contributed by atoms with E-state index in [0.29, 0.717) is 15.6 Å². The number of rotatable bonds is 4. The summed E-state index contributed by atoms with van der Waals surface area (Å²) in [6.07, 6.45) is -2.84. The van der Waals surface area contributed by atoms with Crippen molar-refractivity contribution in [3.05, 3.63) is 69.1 Å². The Balaban J connectivity index is 1.41. The van der Waals surface area contributed by atoms with Crippen LogP contribution < -0.4 is 10.9 Å². The Kier molecular flexibility index (Phi) is 7.44. The van der Waals surface area contributed by atoms with Crippen molar-refractivity contribution < 1.29 is 22.8 Å². The Hall–Kier alpha value is -2.63. The van der Waals surface area contributed by atoms with Crippen molar-refractivity contribution in [2.75, 3.05) is 30.0 Å². The maximum absolute atomic E-state index is 12.8. The van der Waals surface area contributed by atoms with Gasteiger partial charge in [-0.05, 0) is 53.7 Å². The highest BCUT2D eigenvalue weighted by Crippen LogP contribution is 2.34. The Morgan fingerprint density at radius 3 is 2.62 bits per heavy atom. The smallest absolute Gasteiger partial charge is 0.349 e. The van der Waals surface area contributed by atoms with Crippen LogP contribution in [0, 0.1) is 0 Å². The summed E-state index contributed by atoms with van der Waals surface area (Å²) in [5.74, 6) is 1.15. The van der Waals surface area contributed by atoms with Gasteiger partial charge in [-0.3, -0.25) is 20.4 Å². The van der Waals surface area contributed by atoms with Gasteiger partial charge in [-0.1, -0.05) is 23.7 Å². The maximum Gasteiger partial charge on any atom is 0.416 e. The van der Waals surface area contributed by atoms with Gasteiger partial charge in [0, 0.05) is 30.2 Å². The highest BCUT2D eigenvalue weighted by atomic mass is 35.5. The van der Waals surface area contributed by atoms with E-state index in [2.05, 4.69) is 20.7 Å². The van der Waals surface area contributed by atoms with Crippen LogP contribution in [0.4, 0.5) is 18.9 Å². The molecule has 2 heterocycles. The molecule has 0 aromatic heterocycles. The molecule has 6 nitrogen and oxygen atoms in total. The van der Waals surface area contributed by atoms with Gasteiger partial charge in [0.1, 0.15) is 0 Å². The summed E-state index contributed by atoms with van der Waals surface area (Å²) in [6, 6.07) is 9.37. The van der Waals surface area contributed by atoms with Crippen molar-refractivity contribution in [1.29, 1.82) is 0 Å². The molecule has 34 heavy (non-hydrogen) atoms. The number of hydrazine groups is 1. The number of halogens is 4. The van der Waals surface area contributed by atoms with Crippen LogP contribution >= 0.6 is 35.1 Å². The lowest BCUT2D eigenvalue weighted by Gasteiger charge is -2.26. The topological polar surface area (TPSA) is 73.8 Å². The predicted octanol–water partition coefficient (Wildman–Crippen LogP) is 5.13. The standard InChI is InChI=1S/C22H18ClF3N4O2S2/c23-16-12-15(22(24,25)26)4-5-17(16)28-29-19(31)14-3-1-2-13(10-14)11-18-20(32)27-21(34-18)30-6-8-33-9-7-30/h1-5,10-12,28H,6-9H2,(H,29,31)/b18-11+. The van der Waals surface area contributed by atoms with Crippen LogP contribution in [0.3, 0.4) is 0 Å². The molecule has 0 aliphatic carbocycles. The molecule has 2 aliphatic heterocycles. The lowest BCUT2D eigenvalue weighted by atomic mass is 10.1. The fourth-order valence-corrected chi connectivity index (χ4v) is 5.29. The molecular weight excluding hydrogens is 509 g/mol. The highest BCUT2D eigenvalue weighted by molar-refractivity contribution is 8.18. The van der Waals surface area contributed by atoms with E-state index in [1.807, 2.05) is 11.8 Å². The first-order valence-electron chi connectivity index (χ1n) is 10.1. The fraction of sp³-hybridized carbons (Fsp3) is 0.227. The number of anilines is 1. The quantitative estimate of drug-likeness (QED) is 0.425. The van der Waals surface area contributed by atoms with Crippen LogP contribution in [0.2, 0.25) is 5.02 Å². The summed E-state index contributed by atoms with van der Waals surface area (Å²) in [5, 5.41) is 0.511. The Labute approximate surface area is 207 Å². The number of carbonyl (C=O) groups is 2. The third-order valence-electron chi connectivity index (χ3n) is 4.94. The SMILES string of the molecule is O=C1N=C(N2CCSCC2)S/C1=C/c1cccc(C(=O)NNc2ccc(C(F)(F)F)cc2Cl)c1. The van der Waals surface area contributed by atoms with Gasteiger partial charge in [0.25, 0.3) is 11.8 Å². The van der Waals surface area contributed by atoms with Crippen molar-refractivity contribution in [1.82, 2.24) is 10.3 Å². The lowest BCUT2D eigenvalue weighted by Crippen LogP contribution is -2.35. The van der Waals surface area contributed by atoms with Gasteiger partial charge in [-0.2, -0.15) is 29.9 Å². The van der Waals surface area contributed by atoms with E-state index >= 15 is 0 Å². The predicted molar refractivity (Wildman–Crippen MR) is 131 cm³/mol. The third-order valence-corrected chi connectivity index (χ3v) is 7.24. The molecular formula is C22H18ClF3N4O2S2. The minimum absolute atomic E-state index is 0.120. The zero-order valence-corrected chi connectivity index (χ0v) is 19.9. The molecule has 178 valence electrons. The van der Waals surface area contributed by atoms with E-state index in [-0.39, 0.29) is 22.2 Å². The average Bonchev–Trinajstić information content (AvgIpc) is 3.18. The van der Waals surface area contributed by atoms with Gasteiger partial charge in [0.15, 0.2) is 5.17 Å². The van der Waals surface area contributed by atoms with Crippen LogP contribution in [0.25, 0.3) is 6.08 Å². The summed E-state index contributed by atoms with van der Waals surface area (Å²) in [7, 11) is 0. The molecule has 0 spiro atoms. The molecule has 1 saturated heterocycles. The first-order valence-corrected chi connectivity index (χ1v) is 12.4. The largest absolute Gasteiger partial charge is 0.416 e. The van der Waals surface area contributed by atoms with Crippen LogP contribution in [0.15, 0.2) is 52.4 Å². The Morgan fingerprint density at radius 1 is 1.15 bits per heavy atom. The van der Waals surface area contributed by atoms with Gasteiger partial charge in [0.05, 0.1) is 21.2 Å². The Bertz CT molecular complexity index is 1180. The number of carbonyl (C=O) groups excluding carboxylic acids is 2. The van der Waals surface area contributed by atoms with E-state index in [4.69, 9.17) is 11.6 Å². The number of nitrogens with zero attached hydrogens (tertiary/aromatic N) is 2. The van der Waals surface area contributed by atoms with Crippen molar-refractivity contribution in [2.45, 2.75) is 6.18 Å². The first kappa shape index (κ1) is 24.5. The molecule has 2 amide bonds. The summed E-state index contributed by atoms with van der Waals surface area (Å²) < 4.78 is 38.3. The molecule has 2 aliphatic rings. The number of thioether (sulfide) groups is 2. The number of amides is 2. The second kappa shape index (κ2) is 10.3. The average molecular weight is 527 g/mol. The maximum atomic E-state index is 12.8. The summed E-state index contributed by atoms with van der Waals surface area (Å²) in [6.45, 7) is 1.70. The zero-order valence-electron chi connectivity index (χ0n) is 17.5. The number of benzene rings is 2. The van der Waals surface area contributed by atoms with Gasteiger partial charge in [-0.15, -0.1) is 0 Å². The second-order valence-electron chi connectivity index (χ2n) is 7.31. The normalized spacial score (nSPS) is 17.6. The number of hydrogen-bond acceptors (Lipinski definition) is 6. The number of alkyl halides is 3. The van der Waals surface area contributed by atoms with Gasteiger partial charge < -0.3 is 4.90 Å². The van der Waals surface area contributed by atoms with Crippen LogP contribution in [0.5, 0.6) is 0 Å². The summed E-state index contributed by atoms with van der Waals surface area (Å²) in [5.41, 5.74) is 5.11. The van der Waals surface area contributed by atoms with Crippen LogP contribution in [-0.2, 0) is 11.0 Å². The first-order chi connectivity index (χ1) is 16.2. The minimum Gasteiger partial charge on any atom is -0.349 e. The minimum atomic E-state index is -4.52. The van der Waals surface area contributed by atoms with E-state index in [1.54, 1.807) is 30.3 Å². The van der Waals surface area contributed by atoms with E-state index in [9.17, 15) is 22.8 Å². The Morgan fingerprint density at radius 2 is 1.91 bits per heavy atom. The highest BCUT2D eigenvalue weighted by Gasteiger charge is 2.31. The van der Waals surface area contributed by atoms with Crippen LogP contribution in [-0.4, -0.2) is 46.5 Å². The summed E-state index contributed by atoms with van der Waals surface area (Å²) in [4.78, 5) is 31.6. The fourth-order valence-electron chi connectivity index (χ4n) is 3.20. The second-order valence-corrected chi connectivity index (χ2v) is 9.95. The molecule has 0 saturated carbocycles. The van der Waals surface area contributed by atoms with E-state index in [0.717, 1.165) is 42.8 Å². The third kappa shape index (κ3) is 5.89. The molecule has 12 heteroatoms. The lowest BCUT2D eigenvalue weighted by molar-refractivity contribution is -0.137. The molecule has 4 rings (SSSR count). The molecule has 1 fully saturated rings. The van der Waals surface area contributed by atoms with Crippen LogP contribution in [0.1, 0.15) is 21.5 Å². The van der Waals surface area contributed by atoms with Crippen molar-refractivity contribution in [3.8, 4) is 0 Å². The van der Waals surface area contributed by atoms with Gasteiger partial charge in [0.2, 0.25) is 0 Å². The van der Waals surface area contributed by atoms with Crippen molar-refractivity contribution in [3.63, 3.8) is 0 Å². The number of aliphatic imine (C=N–C) groups is 1. The van der Waals surface area contributed by atoms with Gasteiger partial charge in [-0.25, -0.2) is 0 Å².